The first kappa shape index (κ1) is 17.4. The molecule has 3 aromatic rings. The van der Waals surface area contributed by atoms with Gasteiger partial charge in [0.1, 0.15) is 12.4 Å². The average molecular weight is 345 g/mol. The number of nitrogens with zero attached hydrogens (tertiary/aromatic N) is 1. The lowest BCUT2D eigenvalue weighted by molar-refractivity contribution is 0.0519. The number of oxime groups is 1. The van der Waals surface area contributed by atoms with E-state index in [1.807, 2.05) is 73.7 Å². The second-order valence-corrected chi connectivity index (χ2v) is 5.82. The number of carbonyl (C=O) groups is 1. The summed E-state index contributed by atoms with van der Waals surface area (Å²) in [6, 6.07) is 24.5. The van der Waals surface area contributed by atoms with Crippen molar-refractivity contribution in [2.24, 2.45) is 5.16 Å². The smallest absolute Gasteiger partial charge is 0.365 e. The average Bonchev–Trinajstić information content (AvgIpc) is 2.68. The number of hydrogen-bond donors (Lipinski definition) is 0. The van der Waals surface area contributed by atoms with Crippen LogP contribution in [0.5, 0.6) is 5.75 Å². The number of hydrogen-bond acceptors (Lipinski definition) is 4. The number of benzene rings is 3. The van der Waals surface area contributed by atoms with Crippen LogP contribution in [0.2, 0.25) is 0 Å². The lowest BCUT2D eigenvalue weighted by Gasteiger charge is -2.06. The molecule has 0 aromatic heterocycles. The van der Waals surface area contributed by atoms with Crippen molar-refractivity contribution in [3.63, 3.8) is 0 Å². The van der Waals surface area contributed by atoms with Crippen molar-refractivity contribution in [1.29, 1.82) is 0 Å². The quantitative estimate of drug-likeness (QED) is 0.367. The highest BCUT2D eigenvalue weighted by Crippen LogP contribution is 2.13. The number of ether oxygens (including phenoxy) is 1. The van der Waals surface area contributed by atoms with Crippen molar-refractivity contribution in [3.05, 3.63) is 101 Å². The fourth-order valence-corrected chi connectivity index (χ4v) is 2.27. The molecular weight excluding hydrogens is 326 g/mol. The van der Waals surface area contributed by atoms with Crippen LogP contribution in [0.25, 0.3) is 0 Å². The molecule has 0 saturated carbocycles. The van der Waals surface area contributed by atoms with Crippen LogP contribution in [0.1, 0.15) is 27.0 Å². The van der Waals surface area contributed by atoms with Crippen LogP contribution in [-0.2, 0) is 11.4 Å². The predicted molar refractivity (Wildman–Crippen MR) is 101 cm³/mol. The molecular formula is C22H19NO3. The van der Waals surface area contributed by atoms with Crippen molar-refractivity contribution in [2.75, 3.05) is 0 Å². The number of carbonyl (C=O) groups excluding carboxylic acids is 1. The van der Waals surface area contributed by atoms with E-state index in [2.05, 4.69) is 5.16 Å². The second-order valence-electron chi connectivity index (χ2n) is 5.82. The van der Waals surface area contributed by atoms with Crippen LogP contribution < -0.4 is 4.74 Å². The van der Waals surface area contributed by atoms with Crippen LogP contribution in [0, 0.1) is 6.92 Å². The molecule has 0 unspecified atom stereocenters. The summed E-state index contributed by atoms with van der Waals surface area (Å²) in [6.07, 6.45) is 1.49. The van der Waals surface area contributed by atoms with E-state index in [1.165, 1.54) is 6.21 Å². The maximum atomic E-state index is 11.9. The van der Waals surface area contributed by atoms with Gasteiger partial charge in [-0.15, -0.1) is 0 Å². The van der Waals surface area contributed by atoms with Crippen LogP contribution >= 0.6 is 0 Å². The fourth-order valence-electron chi connectivity index (χ4n) is 2.27. The maximum absolute atomic E-state index is 11.9. The van der Waals surface area contributed by atoms with Gasteiger partial charge in [0.2, 0.25) is 0 Å². The van der Waals surface area contributed by atoms with Gasteiger partial charge in [0.25, 0.3) is 0 Å². The van der Waals surface area contributed by atoms with E-state index in [1.54, 1.807) is 12.1 Å². The maximum Gasteiger partial charge on any atom is 0.365 e. The van der Waals surface area contributed by atoms with Gasteiger partial charge < -0.3 is 9.57 Å². The summed E-state index contributed by atoms with van der Waals surface area (Å²) in [5.41, 5.74) is 3.48. The molecule has 0 radical (unpaired) electrons. The molecule has 0 bridgehead atoms. The molecule has 4 heteroatoms. The minimum atomic E-state index is -0.482. The predicted octanol–water partition coefficient (Wildman–Crippen LogP) is 4.76. The Kier molecular flexibility index (Phi) is 5.78. The lowest BCUT2D eigenvalue weighted by atomic mass is 10.2. The summed E-state index contributed by atoms with van der Waals surface area (Å²) in [5.74, 6) is 0.284. The molecule has 0 amide bonds. The normalized spacial score (nSPS) is 10.7. The number of rotatable bonds is 6. The van der Waals surface area contributed by atoms with Gasteiger partial charge in [-0.2, -0.15) is 0 Å². The molecule has 0 saturated heterocycles. The van der Waals surface area contributed by atoms with E-state index >= 15 is 0 Å². The Morgan fingerprint density at radius 1 is 0.923 bits per heavy atom. The topological polar surface area (TPSA) is 47.9 Å². The summed E-state index contributed by atoms with van der Waals surface area (Å²) >= 11 is 0. The Labute approximate surface area is 152 Å². The van der Waals surface area contributed by atoms with Crippen molar-refractivity contribution in [3.8, 4) is 5.75 Å². The Balaban J connectivity index is 1.51. The van der Waals surface area contributed by atoms with Gasteiger partial charge in [-0.1, -0.05) is 53.2 Å². The highest BCUT2D eigenvalue weighted by Gasteiger charge is 2.05. The third kappa shape index (κ3) is 5.05. The molecule has 0 spiro atoms. The van der Waals surface area contributed by atoms with Gasteiger partial charge in [0.15, 0.2) is 0 Å². The van der Waals surface area contributed by atoms with Gasteiger partial charge in [-0.25, -0.2) is 4.79 Å². The van der Waals surface area contributed by atoms with Crippen molar-refractivity contribution < 1.29 is 14.4 Å². The summed E-state index contributed by atoms with van der Waals surface area (Å²) in [4.78, 5) is 16.8. The zero-order valence-corrected chi connectivity index (χ0v) is 14.5. The Morgan fingerprint density at radius 2 is 1.62 bits per heavy atom. The standard InChI is InChI=1S/C22H19NO3/c1-17-7-11-20(12-8-17)22(24)26-23-15-18-9-13-21(14-10-18)25-16-19-5-3-2-4-6-19/h2-15H,16H2,1H3. The van der Waals surface area contributed by atoms with Crippen LogP contribution in [0.4, 0.5) is 0 Å². The van der Waals surface area contributed by atoms with Crippen molar-refractivity contribution in [2.45, 2.75) is 13.5 Å². The highest BCUT2D eigenvalue weighted by atomic mass is 16.7. The fraction of sp³-hybridized carbons (Fsp3) is 0.0909. The molecule has 130 valence electrons. The molecule has 0 fully saturated rings. The van der Waals surface area contributed by atoms with Gasteiger partial charge in [-0.05, 0) is 54.4 Å². The minimum Gasteiger partial charge on any atom is -0.489 e. The van der Waals surface area contributed by atoms with Gasteiger partial charge in [0, 0.05) is 0 Å². The molecule has 0 aliphatic heterocycles. The van der Waals surface area contributed by atoms with Crippen molar-refractivity contribution >= 4 is 12.2 Å². The van der Waals surface area contributed by atoms with Crippen LogP contribution in [0.3, 0.4) is 0 Å². The zero-order valence-electron chi connectivity index (χ0n) is 14.5. The third-order valence-electron chi connectivity index (χ3n) is 3.75. The molecule has 0 aliphatic rings. The summed E-state index contributed by atoms with van der Waals surface area (Å²) in [5, 5.41) is 3.75. The molecule has 0 aliphatic carbocycles. The molecule has 0 heterocycles. The van der Waals surface area contributed by atoms with E-state index in [0.717, 1.165) is 22.4 Å². The minimum absolute atomic E-state index is 0.470. The molecule has 0 atom stereocenters. The van der Waals surface area contributed by atoms with Gasteiger partial charge >= 0.3 is 5.97 Å². The van der Waals surface area contributed by atoms with E-state index in [4.69, 9.17) is 9.57 Å². The first-order chi connectivity index (χ1) is 12.7. The highest BCUT2D eigenvalue weighted by molar-refractivity contribution is 5.90. The van der Waals surface area contributed by atoms with Crippen molar-refractivity contribution in [1.82, 2.24) is 0 Å². The molecule has 26 heavy (non-hydrogen) atoms. The van der Waals surface area contributed by atoms with E-state index in [-0.39, 0.29) is 0 Å². The zero-order chi connectivity index (χ0) is 18.2. The first-order valence-corrected chi connectivity index (χ1v) is 8.29. The van der Waals surface area contributed by atoms with Gasteiger partial charge in [0.05, 0.1) is 11.8 Å². The first-order valence-electron chi connectivity index (χ1n) is 8.29. The van der Waals surface area contributed by atoms with Crippen LogP contribution in [0.15, 0.2) is 84.0 Å². The largest absolute Gasteiger partial charge is 0.489 e. The Morgan fingerprint density at radius 3 is 2.31 bits per heavy atom. The monoisotopic (exact) mass is 345 g/mol. The van der Waals surface area contributed by atoms with E-state index in [9.17, 15) is 4.79 Å². The van der Waals surface area contributed by atoms with E-state index in [0.29, 0.717) is 12.2 Å². The summed E-state index contributed by atoms with van der Waals surface area (Å²) in [6.45, 7) is 2.48. The summed E-state index contributed by atoms with van der Waals surface area (Å²) < 4.78 is 5.73. The molecule has 4 nitrogen and oxygen atoms in total. The summed E-state index contributed by atoms with van der Waals surface area (Å²) in [7, 11) is 0. The Hall–Kier alpha value is -3.40. The van der Waals surface area contributed by atoms with E-state index < -0.39 is 5.97 Å². The van der Waals surface area contributed by atoms with Gasteiger partial charge in [-0.3, -0.25) is 0 Å². The molecule has 3 aromatic carbocycles. The van der Waals surface area contributed by atoms with Crippen LogP contribution in [-0.4, -0.2) is 12.2 Å². The number of aryl methyl sites for hydroxylation is 1. The molecule has 3 rings (SSSR count). The lowest BCUT2D eigenvalue weighted by Crippen LogP contribution is -2.00. The Bertz CT molecular complexity index is 870. The third-order valence-corrected chi connectivity index (χ3v) is 3.75. The molecule has 0 N–H and O–H groups in total. The second kappa shape index (κ2) is 8.62. The SMILES string of the molecule is Cc1ccc(C(=O)ON=Cc2ccc(OCc3ccccc3)cc2)cc1.